The highest BCUT2D eigenvalue weighted by molar-refractivity contribution is 7.99. The van der Waals surface area contributed by atoms with Gasteiger partial charge in [0.25, 0.3) is 0 Å². The van der Waals surface area contributed by atoms with Gasteiger partial charge in [-0.1, -0.05) is 26.0 Å². The Kier molecular flexibility index (Phi) is 9.53. The molecule has 11 atom stereocenters. The fourth-order valence-corrected chi connectivity index (χ4v) is 7.19. The lowest BCUT2D eigenvalue weighted by Crippen LogP contribution is -2.64. The minimum absolute atomic E-state index is 0.0534. The van der Waals surface area contributed by atoms with Gasteiger partial charge in [-0.15, -0.1) is 11.8 Å². The maximum absolute atomic E-state index is 13.5. The van der Waals surface area contributed by atoms with Crippen molar-refractivity contribution < 1.29 is 34.7 Å². The number of carbonyl (C=O) groups excluding carboxylic acids is 1. The Hall–Kier alpha value is -0.720. The maximum Gasteiger partial charge on any atom is 0.240 e. The average Bonchev–Trinajstić information content (AvgIpc) is 3.11. The van der Waals surface area contributed by atoms with Crippen molar-refractivity contribution in [2.45, 2.75) is 87.6 Å². The van der Waals surface area contributed by atoms with Crippen molar-refractivity contribution in [3.05, 3.63) is 12.2 Å². The van der Waals surface area contributed by atoms with Crippen molar-refractivity contribution >= 4 is 17.7 Å². The zero-order valence-electron chi connectivity index (χ0n) is 20.7. The van der Waals surface area contributed by atoms with E-state index in [4.69, 9.17) is 9.47 Å². The molecule has 6 N–H and O–H groups in total. The number of nitrogens with one attached hydrogen (secondary N) is 2. The second-order valence-electron chi connectivity index (χ2n) is 11.0. The monoisotopic (exact) mass is 514 g/mol. The van der Waals surface area contributed by atoms with Crippen LogP contribution in [0.4, 0.5) is 0 Å². The molecule has 0 aromatic heterocycles. The normalized spacial score (nSPS) is 45.4. The van der Waals surface area contributed by atoms with Gasteiger partial charge < -0.3 is 40.5 Å². The van der Waals surface area contributed by atoms with E-state index in [2.05, 4.69) is 24.5 Å². The van der Waals surface area contributed by atoms with Crippen LogP contribution in [0.5, 0.6) is 0 Å². The average molecular weight is 515 g/mol. The smallest absolute Gasteiger partial charge is 0.240 e. The molecule has 2 bridgehead atoms. The van der Waals surface area contributed by atoms with Gasteiger partial charge in [0.05, 0.1) is 18.8 Å². The van der Waals surface area contributed by atoms with Crippen LogP contribution in [0.1, 0.15) is 39.5 Å². The SMILES string of the molecule is CC(C)C[C@@H]1CCO[C@@H]2[C@H](CN[C@@H]2C(=O)N[C@@H]2C/C=C/C(CO)CS[C@H]3O[C@H]2[C@H](O)[C@H](O)[C@H]3O)C1. The van der Waals surface area contributed by atoms with E-state index >= 15 is 0 Å². The molecule has 1 unspecified atom stereocenters. The van der Waals surface area contributed by atoms with Gasteiger partial charge in [0.15, 0.2) is 0 Å². The summed E-state index contributed by atoms with van der Waals surface area (Å²) in [5, 5.41) is 47.7. The molecule has 1 amide bonds. The summed E-state index contributed by atoms with van der Waals surface area (Å²) in [5.41, 5.74) is -0.768. The van der Waals surface area contributed by atoms with Crippen molar-refractivity contribution in [3.8, 4) is 0 Å². The number of aliphatic hydroxyl groups excluding tert-OH is 4. The lowest BCUT2D eigenvalue weighted by Gasteiger charge is -2.44. The number of hydrogen-bond donors (Lipinski definition) is 6. The van der Waals surface area contributed by atoms with Crippen LogP contribution in [0.2, 0.25) is 0 Å². The Bertz CT molecular complexity index is 741. The van der Waals surface area contributed by atoms with Crippen LogP contribution in [0.3, 0.4) is 0 Å². The Balaban J connectivity index is 1.47. The molecular weight excluding hydrogens is 472 g/mol. The van der Waals surface area contributed by atoms with E-state index in [0.29, 0.717) is 30.6 Å². The van der Waals surface area contributed by atoms with Gasteiger partial charge in [-0.3, -0.25) is 4.79 Å². The molecular formula is C25H42N2O7S. The highest BCUT2D eigenvalue weighted by Gasteiger charge is 2.49. The van der Waals surface area contributed by atoms with E-state index in [9.17, 15) is 25.2 Å². The summed E-state index contributed by atoms with van der Waals surface area (Å²) in [4.78, 5) is 13.5. The summed E-state index contributed by atoms with van der Waals surface area (Å²) >= 11 is 1.29. The Morgan fingerprint density at radius 1 is 1.20 bits per heavy atom. The third-order valence-electron chi connectivity index (χ3n) is 7.79. The molecule has 9 nitrogen and oxygen atoms in total. The summed E-state index contributed by atoms with van der Waals surface area (Å²) in [6, 6.07) is -1.11. The molecule has 10 heteroatoms. The highest BCUT2D eigenvalue weighted by Crippen LogP contribution is 2.35. The fourth-order valence-electron chi connectivity index (χ4n) is 5.97. The largest absolute Gasteiger partial charge is 0.396 e. The summed E-state index contributed by atoms with van der Waals surface area (Å²) in [5.74, 6) is 1.67. The fraction of sp³-hybridized carbons (Fsp3) is 0.880. The quantitative estimate of drug-likeness (QED) is 0.280. The number of thioether (sulfide) groups is 1. The topological polar surface area (TPSA) is 141 Å². The van der Waals surface area contributed by atoms with Crippen LogP contribution >= 0.6 is 11.8 Å². The van der Waals surface area contributed by atoms with E-state index in [1.165, 1.54) is 11.8 Å². The van der Waals surface area contributed by atoms with Crippen LogP contribution in [-0.2, 0) is 14.3 Å². The second kappa shape index (κ2) is 12.2. The lowest BCUT2D eigenvalue weighted by atomic mass is 9.85. The van der Waals surface area contributed by atoms with E-state index < -0.39 is 41.9 Å². The second-order valence-corrected chi connectivity index (χ2v) is 12.1. The zero-order valence-corrected chi connectivity index (χ0v) is 21.5. The number of fused-ring (bicyclic) bond motifs is 3. The third kappa shape index (κ3) is 6.41. The van der Waals surface area contributed by atoms with Crippen molar-refractivity contribution in [2.24, 2.45) is 23.7 Å². The van der Waals surface area contributed by atoms with Crippen LogP contribution < -0.4 is 10.6 Å². The summed E-state index contributed by atoms with van der Waals surface area (Å²) in [6.07, 6.45) is 2.28. The molecule has 4 aliphatic rings. The number of carbonyl (C=O) groups is 1. The van der Waals surface area contributed by atoms with Crippen molar-refractivity contribution in [2.75, 3.05) is 25.5 Å². The first-order valence-electron chi connectivity index (χ1n) is 13.0. The number of aliphatic hydroxyl groups is 4. The minimum Gasteiger partial charge on any atom is -0.396 e. The van der Waals surface area contributed by atoms with Gasteiger partial charge in [0.2, 0.25) is 5.91 Å². The summed E-state index contributed by atoms with van der Waals surface area (Å²) in [6.45, 7) is 5.80. The molecule has 0 aromatic rings. The van der Waals surface area contributed by atoms with Gasteiger partial charge in [-0.2, -0.15) is 0 Å². The van der Waals surface area contributed by atoms with Crippen LogP contribution in [0.25, 0.3) is 0 Å². The molecule has 0 spiro atoms. The lowest BCUT2D eigenvalue weighted by molar-refractivity contribution is -0.205. The standard InChI is InChI=1S/C25H42N2O7S/c1-13(2)8-14-6-7-33-22-16(9-14)10-26-18(22)24(32)27-17-5-3-4-15(11-28)12-35-25-21(31)19(29)20(30)23(17)34-25/h3-4,13-23,25-26,28-31H,5-12H2,1-2H3,(H,27,32)/b4-3+/t14-,15?,16-,17+,18-,19-,20+,21+,22+,23+,25+/m0/s1. The Morgan fingerprint density at radius 3 is 2.74 bits per heavy atom. The molecule has 35 heavy (non-hydrogen) atoms. The summed E-state index contributed by atoms with van der Waals surface area (Å²) < 4.78 is 12.2. The maximum atomic E-state index is 13.5. The van der Waals surface area contributed by atoms with Crippen LogP contribution in [0, 0.1) is 23.7 Å². The van der Waals surface area contributed by atoms with Crippen LogP contribution in [0.15, 0.2) is 12.2 Å². The molecule has 0 saturated carbocycles. The predicted octanol–water partition coefficient (Wildman–Crippen LogP) is 0.00970. The van der Waals surface area contributed by atoms with E-state index in [-0.39, 0.29) is 30.5 Å². The molecule has 0 radical (unpaired) electrons. The Labute approximate surface area is 212 Å². The van der Waals surface area contributed by atoms with Crippen molar-refractivity contribution in [3.63, 3.8) is 0 Å². The molecule has 3 saturated heterocycles. The predicted molar refractivity (Wildman–Crippen MR) is 133 cm³/mol. The number of amides is 1. The third-order valence-corrected chi connectivity index (χ3v) is 9.13. The Morgan fingerprint density at radius 2 is 2.00 bits per heavy atom. The molecule has 4 heterocycles. The summed E-state index contributed by atoms with van der Waals surface area (Å²) in [7, 11) is 0. The van der Waals surface area contributed by atoms with Gasteiger partial charge in [0, 0.05) is 24.8 Å². The highest BCUT2D eigenvalue weighted by atomic mass is 32.2. The molecule has 200 valence electrons. The van der Waals surface area contributed by atoms with Gasteiger partial charge in [0.1, 0.15) is 35.9 Å². The number of hydrogen-bond acceptors (Lipinski definition) is 9. The molecule has 3 fully saturated rings. The number of rotatable bonds is 5. The van der Waals surface area contributed by atoms with Gasteiger partial charge in [-0.25, -0.2) is 0 Å². The zero-order chi connectivity index (χ0) is 25.1. The molecule has 4 rings (SSSR count). The first-order valence-corrected chi connectivity index (χ1v) is 14.1. The molecule has 4 aliphatic heterocycles. The first-order chi connectivity index (χ1) is 16.8. The minimum atomic E-state index is -1.39. The molecule has 0 aromatic carbocycles. The first kappa shape index (κ1) is 27.3. The molecule has 0 aliphatic carbocycles. The van der Waals surface area contributed by atoms with Crippen molar-refractivity contribution in [1.29, 1.82) is 0 Å². The van der Waals surface area contributed by atoms with Crippen LogP contribution in [-0.4, -0.2) is 99.9 Å². The van der Waals surface area contributed by atoms with Gasteiger partial charge in [-0.05, 0) is 43.4 Å². The van der Waals surface area contributed by atoms with Crippen molar-refractivity contribution in [1.82, 2.24) is 10.6 Å². The van der Waals surface area contributed by atoms with E-state index in [1.54, 1.807) is 0 Å². The van der Waals surface area contributed by atoms with E-state index in [0.717, 1.165) is 25.8 Å². The van der Waals surface area contributed by atoms with E-state index in [1.807, 2.05) is 12.2 Å². The number of ether oxygens (including phenoxy) is 2. The van der Waals surface area contributed by atoms with Gasteiger partial charge >= 0.3 is 0 Å².